The Balaban J connectivity index is 2.47. The quantitative estimate of drug-likeness (QED) is 0.832. The van der Waals surface area contributed by atoms with Gasteiger partial charge in [-0.25, -0.2) is 4.98 Å². The zero-order valence-electron chi connectivity index (χ0n) is 6.59. The molecule has 1 N–H and O–H groups in total. The second-order valence-electron chi connectivity index (χ2n) is 2.57. The Labute approximate surface area is 89.1 Å². The number of nitrogens with one attached hydrogen (secondary N) is 1. The minimum absolute atomic E-state index is 0.572. The fourth-order valence-electron chi connectivity index (χ4n) is 1.09. The first-order valence-electron chi connectivity index (χ1n) is 3.72. The summed E-state index contributed by atoms with van der Waals surface area (Å²) in [4.78, 5) is 6.94. The van der Waals surface area contributed by atoms with E-state index >= 15 is 0 Å². The zero-order chi connectivity index (χ0) is 9.26. The van der Waals surface area contributed by atoms with Crippen LogP contribution in [0.3, 0.4) is 0 Å². The fourth-order valence-corrected chi connectivity index (χ4v) is 1.56. The van der Waals surface area contributed by atoms with Crippen LogP contribution in [0.1, 0.15) is 0 Å². The van der Waals surface area contributed by atoms with E-state index in [1.165, 1.54) is 0 Å². The van der Waals surface area contributed by atoms with E-state index in [1.807, 2.05) is 24.3 Å². The molecule has 4 heteroatoms. The van der Waals surface area contributed by atoms with Gasteiger partial charge in [-0.05, 0) is 12.1 Å². The maximum atomic E-state index is 5.88. The number of aromatic amines is 1. The second kappa shape index (κ2) is 3.52. The van der Waals surface area contributed by atoms with Gasteiger partial charge in [0.05, 0.1) is 6.33 Å². The third-order valence-corrected chi connectivity index (χ3v) is 2.53. The van der Waals surface area contributed by atoms with E-state index in [9.17, 15) is 0 Å². The van der Waals surface area contributed by atoms with Crippen LogP contribution in [0.25, 0.3) is 11.3 Å². The molecule has 0 radical (unpaired) electrons. The van der Waals surface area contributed by atoms with Crippen LogP contribution in [0.15, 0.2) is 35.1 Å². The van der Waals surface area contributed by atoms with Crippen LogP contribution in [0, 0.1) is 0 Å². The number of halogens is 2. The highest BCUT2D eigenvalue weighted by Gasteiger charge is 2.04. The molecule has 0 fully saturated rings. The van der Waals surface area contributed by atoms with E-state index in [4.69, 9.17) is 11.6 Å². The molecule has 2 rings (SSSR count). The first-order chi connectivity index (χ1) is 6.27. The highest BCUT2D eigenvalue weighted by Crippen LogP contribution is 2.25. The van der Waals surface area contributed by atoms with Gasteiger partial charge in [-0.1, -0.05) is 39.7 Å². The van der Waals surface area contributed by atoms with Crippen LogP contribution in [0.4, 0.5) is 0 Å². The van der Waals surface area contributed by atoms with Crippen LogP contribution < -0.4 is 0 Å². The molecule has 2 aromatic rings. The summed E-state index contributed by atoms with van der Waals surface area (Å²) in [7, 11) is 0. The van der Waals surface area contributed by atoms with Crippen molar-refractivity contribution in [3.8, 4) is 11.3 Å². The van der Waals surface area contributed by atoms with Crippen LogP contribution in [-0.2, 0) is 0 Å². The van der Waals surface area contributed by atoms with Crippen LogP contribution in [-0.4, -0.2) is 9.97 Å². The topological polar surface area (TPSA) is 28.7 Å². The third-order valence-electron chi connectivity index (χ3n) is 1.71. The molecule has 0 aliphatic carbocycles. The molecule has 0 aliphatic heterocycles. The number of H-pyrrole nitrogens is 1. The molecule has 1 aromatic heterocycles. The average molecular weight is 258 g/mol. The van der Waals surface area contributed by atoms with Gasteiger partial charge >= 0.3 is 0 Å². The Bertz CT molecular complexity index is 408. The number of nitrogens with zero attached hydrogens (tertiary/aromatic N) is 1. The molecule has 0 unspecified atom stereocenters. The van der Waals surface area contributed by atoms with Crippen molar-refractivity contribution in [1.82, 2.24) is 9.97 Å². The largest absolute Gasteiger partial charge is 0.335 e. The minimum Gasteiger partial charge on any atom is -0.335 e. The first-order valence-corrected chi connectivity index (χ1v) is 4.89. The Hall–Kier alpha value is -0.800. The summed E-state index contributed by atoms with van der Waals surface area (Å²) in [5.41, 5.74) is 1.80. The van der Waals surface area contributed by atoms with Crippen molar-refractivity contribution in [1.29, 1.82) is 0 Å². The SMILES string of the molecule is Clc1[nH]cnc1-c1ccc(Br)cc1. The second-order valence-corrected chi connectivity index (χ2v) is 3.87. The Kier molecular flexibility index (Phi) is 2.38. The standard InChI is InChI=1S/C9H6BrClN2/c10-7-3-1-6(2-4-7)8-9(11)13-5-12-8/h1-5H,(H,12,13). The molecule has 0 saturated heterocycles. The summed E-state index contributed by atoms with van der Waals surface area (Å²) in [6, 6.07) is 7.85. The first kappa shape index (κ1) is 8.78. The molecule has 2 nitrogen and oxygen atoms in total. The van der Waals surface area contributed by atoms with Gasteiger partial charge < -0.3 is 4.98 Å². The molecular formula is C9H6BrClN2. The van der Waals surface area contributed by atoms with Crippen LogP contribution >= 0.6 is 27.5 Å². The molecule has 0 saturated carbocycles. The van der Waals surface area contributed by atoms with Crippen molar-refractivity contribution < 1.29 is 0 Å². The summed E-state index contributed by atoms with van der Waals surface area (Å²) in [5.74, 6) is 0. The number of imidazole rings is 1. The average Bonchev–Trinajstić information content (AvgIpc) is 2.53. The van der Waals surface area contributed by atoms with Gasteiger partial charge in [0, 0.05) is 10.0 Å². The lowest BCUT2D eigenvalue weighted by molar-refractivity contribution is 1.31. The van der Waals surface area contributed by atoms with Crippen LogP contribution in [0.5, 0.6) is 0 Å². The predicted octanol–water partition coefficient (Wildman–Crippen LogP) is 3.49. The van der Waals surface area contributed by atoms with Gasteiger partial charge in [-0.3, -0.25) is 0 Å². The Morgan fingerprint density at radius 2 is 1.92 bits per heavy atom. The minimum atomic E-state index is 0.572. The smallest absolute Gasteiger partial charge is 0.134 e. The molecule has 0 amide bonds. The van der Waals surface area contributed by atoms with E-state index in [0.29, 0.717) is 5.15 Å². The summed E-state index contributed by atoms with van der Waals surface area (Å²) in [5, 5.41) is 0.572. The molecule has 0 bridgehead atoms. The molecule has 1 aromatic carbocycles. The summed E-state index contributed by atoms with van der Waals surface area (Å²) in [6.45, 7) is 0. The zero-order valence-corrected chi connectivity index (χ0v) is 8.93. The van der Waals surface area contributed by atoms with Gasteiger partial charge in [-0.2, -0.15) is 0 Å². The van der Waals surface area contributed by atoms with Gasteiger partial charge in [0.25, 0.3) is 0 Å². The Morgan fingerprint density at radius 1 is 1.23 bits per heavy atom. The van der Waals surface area contributed by atoms with E-state index in [0.717, 1.165) is 15.7 Å². The maximum absolute atomic E-state index is 5.88. The highest BCUT2D eigenvalue weighted by molar-refractivity contribution is 9.10. The fraction of sp³-hybridized carbons (Fsp3) is 0. The molecule has 13 heavy (non-hydrogen) atoms. The summed E-state index contributed by atoms with van der Waals surface area (Å²) < 4.78 is 1.04. The van der Waals surface area contributed by atoms with Crippen molar-refractivity contribution in [3.63, 3.8) is 0 Å². The van der Waals surface area contributed by atoms with E-state index < -0.39 is 0 Å². The van der Waals surface area contributed by atoms with Crippen LogP contribution in [0.2, 0.25) is 5.15 Å². The molecular weight excluding hydrogens is 251 g/mol. The van der Waals surface area contributed by atoms with Gasteiger partial charge in [0.2, 0.25) is 0 Å². The molecule has 0 aliphatic rings. The molecule has 1 heterocycles. The van der Waals surface area contributed by atoms with Gasteiger partial charge in [-0.15, -0.1) is 0 Å². The van der Waals surface area contributed by atoms with Gasteiger partial charge in [0.15, 0.2) is 0 Å². The highest BCUT2D eigenvalue weighted by atomic mass is 79.9. The maximum Gasteiger partial charge on any atom is 0.134 e. The number of aromatic nitrogens is 2. The van der Waals surface area contributed by atoms with Crippen molar-refractivity contribution in [2.45, 2.75) is 0 Å². The lowest BCUT2D eigenvalue weighted by Crippen LogP contribution is -1.77. The predicted molar refractivity (Wildman–Crippen MR) is 56.7 cm³/mol. The number of hydrogen-bond donors (Lipinski definition) is 1. The molecule has 0 atom stereocenters. The molecule has 0 spiro atoms. The number of rotatable bonds is 1. The van der Waals surface area contributed by atoms with Crippen molar-refractivity contribution in [3.05, 3.63) is 40.2 Å². The lowest BCUT2D eigenvalue weighted by atomic mass is 10.2. The summed E-state index contributed by atoms with van der Waals surface area (Å²) >= 11 is 9.25. The Morgan fingerprint density at radius 3 is 2.46 bits per heavy atom. The van der Waals surface area contributed by atoms with E-state index in [1.54, 1.807) is 6.33 Å². The molecule has 66 valence electrons. The normalized spacial score (nSPS) is 10.3. The van der Waals surface area contributed by atoms with Crippen molar-refractivity contribution in [2.75, 3.05) is 0 Å². The number of hydrogen-bond acceptors (Lipinski definition) is 1. The third kappa shape index (κ3) is 1.76. The summed E-state index contributed by atoms with van der Waals surface area (Å²) in [6.07, 6.45) is 1.58. The monoisotopic (exact) mass is 256 g/mol. The van der Waals surface area contributed by atoms with Crippen molar-refractivity contribution >= 4 is 27.5 Å². The van der Waals surface area contributed by atoms with E-state index in [-0.39, 0.29) is 0 Å². The number of benzene rings is 1. The lowest BCUT2D eigenvalue weighted by Gasteiger charge is -1.96. The van der Waals surface area contributed by atoms with Crippen molar-refractivity contribution in [2.24, 2.45) is 0 Å². The van der Waals surface area contributed by atoms with Gasteiger partial charge in [0.1, 0.15) is 10.8 Å². The van der Waals surface area contributed by atoms with E-state index in [2.05, 4.69) is 25.9 Å².